The van der Waals surface area contributed by atoms with Crippen molar-refractivity contribution in [3.8, 4) is 0 Å². The number of hydrogen-bond acceptors (Lipinski definition) is 2. The van der Waals surface area contributed by atoms with Gasteiger partial charge >= 0.3 is 0 Å². The van der Waals surface area contributed by atoms with Crippen molar-refractivity contribution in [2.45, 2.75) is 20.4 Å². The Morgan fingerprint density at radius 3 is 2.70 bits per heavy atom. The van der Waals surface area contributed by atoms with Gasteiger partial charge in [-0.25, -0.2) is 0 Å². The van der Waals surface area contributed by atoms with Gasteiger partial charge in [0.2, 0.25) is 5.91 Å². The maximum absolute atomic E-state index is 12.0. The van der Waals surface area contributed by atoms with Crippen molar-refractivity contribution < 1.29 is 4.79 Å². The van der Waals surface area contributed by atoms with Crippen molar-refractivity contribution in [2.75, 3.05) is 26.2 Å². The van der Waals surface area contributed by atoms with Crippen LogP contribution in [0.2, 0.25) is 0 Å². The van der Waals surface area contributed by atoms with E-state index in [2.05, 4.69) is 30.1 Å². The van der Waals surface area contributed by atoms with Gasteiger partial charge in [0.05, 0.1) is 0 Å². The monoisotopic (exact) mass is 273 g/mol. The number of likely N-dealkylation sites (N-methyl/N-ethyl adjacent to an activating group) is 1. The largest absolute Gasteiger partial charge is 0.353 e. The van der Waals surface area contributed by atoms with Crippen LogP contribution in [-0.4, -0.2) is 41.6 Å². The summed E-state index contributed by atoms with van der Waals surface area (Å²) in [5.74, 6) is 0.0681. The molecule has 0 bridgehead atoms. The Morgan fingerprint density at radius 2 is 1.95 bits per heavy atom. The van der Waals surface area contributed by atoms with Crippen molar-refractivity contribution in [1.29, 1.82) is 0 Å². The zero-order valence-electron chi connectivity index (χ0n) is 12.3. The smallest absolute Gasteiger partial charge is 0.239 e. The number of nitrogens with one attached hydrogen (secondary N) is 1. The third-order valence-corrected chi connectivity index (χ3v) is 3.64. The van der Waals surface area contributed by atoms with E-state index < -0.39 is 0 Å². The molecule has 1 amide bonds. The molecule has 4 heteroatoms. The normalized spacial score (nSPS) is 11.2. The van der Waals surface area contributed by atoms with E-state index in [0.29, 0.717) is 13.1 Å². The molecule has 0 aliphatic heterocycles. The lowest BCUT2D eigenvalue weighted by atomic mass is 10.2. The van der Waals surface area contributed by atoms with Crippen LogP contribution in [0, 0.1) is 0 Å². The average molecular weight is 273 g/mol. The van der Waals surface area contributed by atoms with Crippen LogP contribution in [-0.2, 0) is 11.3 Å². The van der Waals surface area contributed by atoms with Crippen LogP contribution < -0.4 is 5.32 Å². The van der Waals surface area contributed by atoms with E-state index in [0.717, 1.165) is 25.2 Å². The van der Waals surface area contributed by atoms with Crippen molar-refractivity contribution in [3.63, 3.8) is 0 Å². The number of fused-ring (bicyclic) bond motifs is 1. The number of amides is 1. The Balaban J connectivity index is 1.85. The molecule has 20 heavy (non-hydrogen) atoms. The Hall–Kier alpha value is -1.81. The fourth-order valence-corrected chi connectivity index (χ4v) is 2.38. The molecular formula is C16H23N3O. The maximum atomic E-state index is 12.0. The van der Waals surface area contributed by atoms with Gasteiger partial charge in [-0.1, -0.05) is 32.0 Å². The Kier molecular flexibility index (Phi) is 5.18. The number of rotatable bonds is 7. The van der Waals surface area contributed by atoms with Crippen molar-refractivity contribution in [2.24, 2.45) is 0 Å². The van der Waals surface area contributed by atoms with Gasteiger partial charge in [-0.05, 0) is 30.6 Å². The van der Waals surface area contributed by atoms with Crippen LogP contribution >= 0.6 is 0 Å². The first-order chi connectivity index (χ1) is 9.74. The summed E-state index contributed by atoms with van der Waals surface area (Å²) in [6.07, 6.45) is 1.97. The summed E-state index contributed by atoms with van der Waals surface area (Å²) < 4.78 is 1.99. The third kappa shape index (κ3) is 3.61. The van der Waals surface area contributed by atoms with Crippen LogP contribution in [0.5, 0.6) is 0 Å². The summed E-state index contributed by atoms with van der Waals surface area (Å²) >= 11 is 0. The second kappa shape index (κ2) is 7.10. The predicted molar refractivity (Wildman–Crippen MR) is 82.7 cm³/mol. The summed E-state index contributed by atoms with van der Waals surface area (Å²) in [5, 5.41) is 4.15. The first-order valence-electron chi connectivity index (χ1n) is 7.27. The standard InChI is InChI=1S/C16H23N3O/c1-3-18(4-2)12-10-17-16(20)13-19-11-9-14-7-5-6-8-15(14)19/h5-9,11H,3-4,10,12-13H2,1-2H3,(H,17,20). The van der Waals surface area contributed by atoms with Crippen LogP contribution in [0.1, 0.15) is 13.8 Å². The molecule has 0 radical (unpaired) electrons. The fraction of sp³-hybridized carbons (Fsp3) is 0.438. The van der Waals surface area contributed by atoms with Gasteiger partial charge in [0, 0.05) is 24.8 Å². The summed E-state index contributed by atoms with van der Waals surface area (Å²) in [4.78, 5) is 14.3. The lowest BCUT2D eigenvalue weighted by Crippen LogP contribution is -2.36. The predicted octanol–water partition coefficient (Wildman–Crippen LogP) is 2.10. The zero-order chi connectivity index (χ0) is 14.4. The van der Waals surface area contributed by atoms with E-state index in [1.165, 1.54) is 5.39 Å². The van der Waals surface area contributed by atoms with E-state index in [9.17, 15) is 4.79 Å². The van der Waals surface area contributed by atoms with Crippen LogP contribution in [0.3, 0.4) is 0 Å². The highest BCUT2D eigenvalue weighted by Crippen LogP contribution is 2.14. The van der Waals surface area contributed by atoms with Gasteiger partial charge in [0.1, 0.15) is 6.54 Å². The second-order valence-corrected chi connectivity index (χ2v) is 4.88. The Bertz CT molecular complexity index is 558. The molecule has 0 saturated carbocycles. The SMILES string of the molecule is CCN(CC)CCNC(=O)Cn1ccc2ccccc21. The first-order valence-corrected chi connectivity index (χ1v) is 7.27. The number of benzene rings is 1. The van der Waals surface area contributed by atoms with E-state index >= 15 is 0 Å². The van der Waals surface area contributed by atoms with Gasteiger partial charge in [0.15, 0.2) is 0 Å². The second-order valence-electron chi connectivity index (χ2n) is 4.88. The van der Waals surface area contributed by atoms with Gasteiger partial charge in [0.25, 0.3) is 0 Å². The van der Waals surface area contributed by atoms with Crippen LogP contribution in [0.4, 0.5) is 0 Å². The molecule has 1 heterocycles. The highest BCUT2D eigenvalue weighted by Gasteiger charge is 2.06. The lowest BCUT2D eigenvalue weighted by molar-refractivity contribution is -0.121. The molecule has 1 N–H and O–H groups in total. The van der Waals surface area contributed by atoms with Gasteiger partial charge in [-0.2, -0.15) is 0 Å². The lowest BCUT2D eigenvalue weighted by Gasteiger charge is -2.18. The first kappa shape index (κ1) is 14.6. The summed E-state index contributed by atoms with van der Waals surface area (Å²) in [5.41, 5.74) is 1.10. The average Bonchev–Trinajstić information content (AvgIpc) is 2.87. The highest BCUT2D eigenvalue weighted by atomic mass is 16.1. The van der Waals surface area contributed by atoms with E-state index in [1.807, 2.05) is 35.0 Å². The van der Waals surface area contributed by atoms with Gasteiger partial charge < -0.3 is 14.8 Å². The minimum Gasteiger partial charge on any atom is -0.353 e. The molecule has 1 aromatic heterocycles. The molecular weight excluding hydrogens is 250 g/mol. The van der Waals surface area contributed by atoms with Crippen molar-refractivity contribution in [1.82, 2.24) is 14.8 Å². The molecule has 2 rings (SSSR count). The topological polar surface area (TPSA) is 37.3 Å². The molecule has 0 aliphatic rings. The highest BCUT2D eigenvalue weighted by molar-refractivity contribution is 5.83. The summed E-state index contributed by atoms with van der Waals surface area (Å²) in [6.45, 7) is 8.31. The quantitative estimate of drug-likeness (QED) is 0.839. The van der Waals surface area contributed by atoms with E-state index in [1.54, 1.807) is 0 Å². The minimum atomic E-state index is 0.0681. The number of aromatic nitrogens is 1. The molecule has 0 aliphatic carbocycles. The van der Waals surface area contributed by atoms with Crippen molar-refractivity contribution in [3.05, 3.63) is 36.5 Å². The summed E-state index contributed by atoms with van der Waals surface area (Å²) in [7, 11) is 0. The van der Waals surface area contributed by atoms with Crippen LogP contribution in [0.15, 0.2) is 36.5 Å². The van der Waals surface area contributed by atoms with E-state index in [4.69, 9.17) is 0 Å². The number of carbonyl (C=O) groups is 1. The Labute approximate surface area is 120 Å². The molecule has 0 atom stereocenters. The van der Waals surface area contributed by atoms with Crippen molar-refractivity contribution >= 4 is 16.8 Å². The molecule has 4 nitrogen and oxygen atoms in total. The molecule has 0 saturated heterocycles. The zero-order valence-corrected chi connectivity index (χ0v) is 12.3. The van der Waals surface area contributed by atoms with Gasteiger partial charge in [-0.3, -0.25) is 4.79 Å². The fourth-order valence-electron chi connectivity index (χ4n) is 2.38. The number of nitrogens with zero attached hydrogens (tertiary/aromatic N) is 2. The number of para-hydroxylation sites is 1. The molecule has 108 valence electrons. The minimum absolute atomic E-state index is 0.0681. The maximum Gasteiger partial charge on any atom is 0.239 e. The molecule has 0 unspecified atom stereocenters. The molecule has 0 spiro atoms. The molecule has 0 fully saturated rings. The number of carbonyl (C=O) groups excluding carboxylic acids is 1. The number of hydrogen-bond donors (Lipinski definition) is 1. The molecule has 1 aromatic carbocycles. The van der Waals surface area contributed by atoms with Gasteiger partial charge in [-0.15, -0.1) is 0 Å². The van der Waals surface area contributed by atoms with E-state index in [-0.39, 0.29) is 5.91 Å². The molecule has 2 aromatic rings. The third-order valence-electron chi connectivity index (χ3n) is 3.64. The Morgan fingerprint density at radius 1 is 1.20 bits per heavy atom. The summed E-state index contributed by atoms with van der Waals surface area (Å²) in [6, 6.07) is 10.1. The van der Waals surface area contributed by atoms with Crippen LogP contribution in [0.25, 0.3) is 10.9 Å².